The molecule has 1 aromatic carbocycles. The highest BCUT2D eigenvalue weighted by Crippen LogP contribution is 2.37. The Morgan fingerprint density at radius 1 is 1.22 bits per heavy atom. The van der Waals surface area contributed by atoms with Crippen molar-refractivity contribution in [3.63, 3.8) is 0 Å². The molecule has 3 N–H and O–H groups in total. The van der Waals surface area contributed by atoms with Gasteiger partial charge in [-0.15, -0.1) is 0 Å². The van der Waals surface area contributed by atoms with Gasteiger partial charge in [0, 0.05) is 26.3 Å². The monoisotopic (exact) mass is 248 g/mol. The molecule has 1 aliphatic carbocycles. The molecule has 0 heterocycles. The van der Waals surface area contributed by atoms with E-state index in [1.165, 1.54) is 11.3 Å². The molecule has 0 radical (unpaired) electrons. The van der Waals surface area contributed by atoms with Gasteiger partial charge >= 0.3 is 0 Å². The van der Waals surface area contributed by atoms with E-state index in [9.17, 15) is 5.11 Å². The molecule has 0 aliphatic heterocycles. The van der Waals surface area contributed by atoms with E-state index in [1.54, 1.807) is 0 Å². The summed E-state index contributed by atoms with van der Waals surface area (Å²) in [5.41, 5.74) is 7.63. The van der Waals surface area contributed by atoms with Crippen LogP contribution in [-0.2, 0) is 0 Å². The molecule has 0 saturated heterocycles. The van der Waals surface area contributed by atoms with Gasteiger partial charge in [-0.3, -0.25) is 0 Å². The van der Waals surface area contributed by atoms with Crippen molar-refractivity contribution in [3.05, 3.63) is 29.8 Å². The largest absolute Gasteiger partial charge is 0.389 e. The standard InChI is InChI=1S/C15H24N2O/c1-17(2)14-5-3-12(4-6-14)13-7-9-15(18,11-16)10-8-13/h3-6,13,18H,7-11,16H2,1-2H3. The molecule has 0 atom stereocenters. The van der Waals surface area contributed by atoms with E-state index in [0.29, 0.717) is 12.5 Å². The number of benzene rings is 1. The molecule has 1 aliphatic rings. The summed E-state index contributed by atoms with van der Waals surface area (Å²) in [6, 6.07) is 8.76. The first-order chi connectivity index (χ1) is 8.54. The van der Waals surface area contributed by atoms with E-state index in [0.717, 1.165) is 25.7 Å². The van der Waals surface area contributed by atoms with Crippen LogP contribution in [0.3, 0.4) is 0 Å². The summed E-state index contributed by atoms with van der Waals surface area (Å²) in [4.78, 5) is 2.11. The lowest BCUT2D eigenvalue weighted by Gasteiger charge is -2.35. The molecule has 3 nitrogen and oxygen atoms in total. The maximum atomic E-state index is 10.1. The maximum Gasteiger partial charge on any atom is 0.0769 e. The van der Waals surface area contributed by atoms with Crippen molar-refractivity contribution in [1.82, 2.24) is 0 Å². The minimum Gasteiger partial charge on any atom is -0.389 e. The average molecular weight is 248 g/mol. The summed E-state index contributed by atoms with van der Waals surface area (Å²) < 4.78 is 0. The van der Waals surface area contributed by atoms with Crippen molar-refractivity contribution in [3.8, 4) is 0 Å². The third-order valence-electron chi connectivity index (χ3n) is 4.18. The molecule has 0 aromatic heterocycles. The second-order valence-corrected chi connectivity index (χ2v) is 5.69. The number of aliphatic hydroxyl groups is 1. The minimum absolute atomic E-state index is 0.388. The van der Waals surface area contributed by atoms with E-state index >= 15 is 0 Å². The smallest absolute Gasteiger partial charge is 0.0769 e. The van der Waals surface area contributed by atoms with E-state index in [2.05, 4.69) is 43.3 Å². The Hall–Kier alpha value is -1.06. The molecular formula is C15H24N2O. The van der Waals surface area contributed by atoms with Crippen molar-refractivity contribution >= 4 is 5.69 Å². The molecule has 100 valence electrons. The Bertz CT molecular complexity index is 378. The molecule has 18 heavy (non-hydrogen) atoms. The van der Waals surface area contributed by atoms with Crippen LogP contribution in [0.4, 0.5) is 5.69 Å². The molecular weight excluding hydrogens is 224 g/mol. The fourth-order valence-corrected chi connectivity index (χ4v) is 2.74. The first-order valence-corrected chi connectivity index (χ1v) is 6.74. The quantitative estimate of drug-likeness (QED) is 0.861. The van der Waals surface area contributed by atoms with E-state index in [1.807, 2.05) is 0 Å². The van der Waals surface area contributed by atoms with Crippen LogP contribution in [-0.4, -0.2) is 31.3 Å². The highest BCUT2D eigenvalue weighted by Gasteiger charge is 2.32. The third-order valence-corrected chi connectivity index (χ3v) is 4.18. The highest BCUT2D eigenvalue weighted by molar-refractivity contribution is 5.46. The van der Waals surface area contributed by atoms with Gasteiger partial charge in [-0.1, -0.05) is 12.1 Å². The van der Waals surface area contributed by atoms with Crippen molar-refractivity contribution in [2.75, 3.05) is 25.5 Å². The van der Waals surface area contributed by atoms with Gasteiger partial charge in [0.05, 0.1) is 5.60 Å². The van der Waals surface area contributed by atoms with Gasteiger partial charge in [-0.2, -0.15) is 0 Å². The zero-order valence-electron chi connectivity index (χ0n) is 11.4. The van der Waals surface area contributed by atoms with Crippen molar-refractivity contribution in [1.29, 1.82) is 0 Å². The van der Waals surface area contributed by atoms with Crippen molar-refractivity contribution in [2.45, 2.75) is 37.2 Å². The number of nitrogens with zero attached hydrogens (tertiary/aromatic N) is 1. The predicted octanol–water partition coefficient (Wildman–Crippen LogP) is 2.10. The highest BCUT2D eigenvalue weighted by atomic mass is 16.3. The van der Waals surface area contributed by atoms with Crippen molar-refractivity contribution < 1.29 is 5.11 Å². The van der Waals surface area contributed by atoms with Gasteiger partial charge in [0.25, 0.3) is 0 Å². The second-order valence-electron chi connectivity index (χ2n) is 5.69. The number of anilines is 1. The summed E-state index contributed by atoms with van der Waals surface area (Å²) in [5.74, 6) is 0.577. The number of nitrogens with two attached hydrogens (primary N) is 1. The molecule has 0 unspecified atom stereocenters. The van der Waals surface area contributed by atoms with Crippen LogP contribution >= 0.6 is 0 Å². The lowest BCUT2D eigenvalue weighted by molar-refractivity contribution is 0.00767. The van der Waals surface area contributed by atoms with Gasteiger partial charge in [-0.25, -0.2) is 0 Å². The van der Waals surface area contributed by atoms with Crippen molar-refractivity contribution in [2.24, 2.45) is 5.73 Å². The van der Waals surface area contributed by atoms with Gasteiger partial charge in [0.1, 0.15) is 0 Å². The zero-order chi connectivity index (χ0) is 13.2. The Morgan fingerprint density at radius 2 is 1.78 bits per heavy atom. The first kappa shape index (κ1) is 13.4. The summed E-state index contributed by atoms with van der Waals surface area (Å²) in [5, 5.41) is 10.1. The van der Waals surface area contributed by atoms with Gasteiger partial charge < -0.3 is 15.7 Å². The zero-order valence-corrected chi connectivity index (χ0v) is 11.4. The SMILES string of the molecule is CN(C)c1ccc(C2CCC(O)(CN)CC2)cc1. The molecule has 1 fully saturated rings. The molecule has 0 bridgehead atoms. The lowest BCUT2D eigenvalue weighted by Crippen LogP contribution is -2.40. The molecule has 1 aromatic rings. The predicted molar refractivity (Wildman–Crippen MR) is 76.0 cm³/mol. The molecule has 3 heteroatoms. The second kappa shape index (κ2) is 5.29. The average Bonchev–Trinajstić information content (AvgIpc) is 2.40. The van der Waals surface area contributed by atoms with Crippen LogP contribution in [0.5, 0.6) is 0 Å². The first-order valence-electron chi connectivity index (χ1n) is 6.74. The molecule has 2 rings (SSSR count). The van der Waals surface area contributed by atoms with E-state index in [4.69, 9.17) is 5.73 Å². The Balaban J connectivity index is 2.01. The fraction of sp³-hybridized carbons (Fsp3) is 0.600. The van der Waals surface area contributed by atoms with Gasteiger partial charge in [0.2, 0.25) is 0 Å². The Labute approximate surface area is 110 Å². The fourth-order valence-electron chi connectivity index (χ4n) is 2.74. The molecule has 0 spiro atoms. The van der Waals surface area contributed by atoms with Crippen LogP contribution in [0.15, 0.2) is 24.3 Å². The summed E-state index contributed by atoms with van der Waals surface area (Å²) >= 11 is 0. The third kappa shape index (κ3) is 2.85. The number of rotatable bonds is 3. The van der Waals surface area contributed by atoms with Crippen LogP contribution in [0, 0.1) is 0 Å². The summed E-state index contributed by atoms with van der Waals surface area (Å²) in [7, 11) is 4.11. The van der Waals surface area contributed by atoms with E-state index < -0.39 is 5.60 Å². The summed E-state index contributed by atoms with van der Waals surface area (Å²) in [6.45, 7) is 0.388. The maximum absolute atomic E-state index is 10.1. The van der Waals surface area contributed by atoms with Gasteiger partial charge in [0.15, 0.2) is 0 Å². The van der Waals surface area contributed by atoms with Crippen LogP contribution in [0.2, 0.25) is 0 Å². The molecule has 1 saturated carbocycles. The Morgan fingerprint density at radius 3 is 2.22 bits per heavy atom. The number of hydrogen-bond acceptors (Lipinski definition) is 3. The van der Waals surface area contributed by atoms with Crippen LogP contribution in [0.25, 0.3) is 0 Å². The number of hydrogen-bond donors (Lipinski definition) is 2. The normalized spacial score (nSPS) is 28.1. The molecule has 0 amide bonds. The minimum atomic E-state index is -0.611. The van der Waals surface area contributed by atoms with Crippen LogP contribution < -0.4 is 10.6 Å². The Kier molecular flexibility index (Phi) is 3.93. The summed E-state index contributed by atoms with van der Waals surface area (Å²) in [6.07, 6.45) is 3.72. The van der Waals surface area contributed by atoms with Gasteiger partial charge in [-0.05, 0) is 49.3 Å². The van der Waals surface area contributed by atoms with Crippen LogP contribution in [0.1, 0.15) is 37.2 Å². The topological polar surface area (TPSA) is 49.5 Å². The van der Waals surface area contributed by atoms with E-state index in [-0.39, 0.29) is 0 Å². The lowest BCUT2D eigenvalue weighted by atomic mass is 9.76.